The summed E-state index contributed by atoms with van der Waals surface area (Å²) in [4.78, 5) is 26.8. The molecule has 0 saturated carbocycles. The number of carbonyl (C=O) groups is 1. The molecular formula is C29H27F4N5O4S. The minimum absolute atomic E-state index is 0.0899. The van der Waals surface area contributed by atoms with Gasteiger partial charge in [-0.25, -0.2) is 17.8 Å². The predicted molar refractivity (Wildman–Crippen MR) is 152 cm³/mol. The highest BCUT2D eigenvalue weighted by Crippen LogP contribution is 2.34. The first-order chi connectivity index (χ1) is 20.2. The lowest BCUT2D eigenvalue weighted by Gasteiger charge is -2.19. The number of halogens is 4. The summed E-state index contributed by atoms with van der Waals surface area (Å²) in [5.74, 6) is -0.862. The lowest BCUT2D eigenvalue weighted by atomic mass is 10.1. The number of amides is 1. The van der Waals surface area contributed by atoms with E-state index >= 15 is 0 Å². The Morgan fingerprint density at radius 3 is 2.40 bits per heavy atom. The molecule has 5 rings (SSSR count). The van der Waals surface area contributed by atoms with Gasteiger partial charge in [-0.05, 0) is 68.2 Å². The van der Waals surface area contributed by atoms with Crippen molar-refractivity contribution in [2.24, 2.45) is 5.16 Å². The Balaban J connectivity index is 1.46. The van der Waals surface area contributed by atoms with Crippen LogP contribution in [0.3, 0.4) is 0 Å². The van der Waals surface area contributed by atoms with E-state index < -0.39 is 33.3 Å². The number of anilines is 1. The van der Waals surface area contributed by atoms with Crippen molar-refractivity contribution in [2.75, 3.05) is 31.8 Å². The number of nitrogens with zero attached hydrogens (tertiary/aromatic N) is 5. The third-order valence-electron chi connectivity index (χ3n) is 6.92. The van der Waals surface area contributed by atoms with Crippen molar-refractivity contribution >= 4 is 38.2 Å². The van der Waals surface area contributed by atoms with Gasteiger partial charge in [0.1, 0.15) is 18.2 Å². The molecule has 0 N–H and O–H groups in total. The van der Waals surface area contributed by atoms with E-state index in [0.29, 0.717) is 35.7 Å². The number of carbonyl (C=O) groups excluding carboxylic acids is 1. The third kappa shape index (κ3) is 6.39. The fraction of sp³-hybridized carbons (Fsp3) is 0.276. The standard InChI is InChI=1S/C29H27F4N5O4S/c1-36(2)12-13-37-25-10-6-19(29(31,32)33)14-23(25)34-26(37)16-38-24-11-7-20(30)15-22(24)27(28(38)39)35-42-17-18-4-8-21(9-5-18)43(3,40)41/h4-11,14-15H,12-13,16-17H2,1-3H3/b35-27+. The topological polar surface area (TPSA) is 97.1 Å². The largest absolute Gasteiger partial charge is 0.416 e. The number of aromatic nitrogens is 2. The van der Waals surface area contributed by atoms with E-state index in [2.05, 4.69) is 10.1 Å². The maximum atomic E-state index is 14.3. The third-order valence-corrected chi connectivity index (χ3v) is 8.04. The van der Waals surface area contributed by atoms with Gasteiger partial charge in [-0.1, -0.05) is 17.3 Å². The quantitative estimate of drug-likeness (QED) is 0.201. The van der Waals surface area contributed by atoms with Gasteiger partial charge in [-0.15, -0.1) is 0 Å². The van der Waals surface area contributed by atoms with Crippen molar-refractivity contribution in [3.8, 4) is 0 Å². The predicted octanol–water partition coefficient (Wildman–Crippen LogP) is 4.63. The summed E-state index contributed by atoms with van der Waals surface area (Å²) in [6.07, 6.45) is -3.45. The highest BCUT2D eigenvalue weighted by atomic mass is 32.2. The van der Waals surface area contributed by atoms with Crippen molar-refractivity contribution in [3.05, 3.63) is 89.0 Å². The molecule has 3 aromatic carbocycles. The van der Waals surface area contributed by atoms with Crippen LogP contribution in [0.1, 0.15) is 22.5 Å². The Kier molecular flexibility index (Phi) is 8.01. The van der Waals surface area contributed by atoms with Crippen LogP contribution in [0.5, 0.6) is 0 Å². The number of hydrogen-bond acceptors (Lipinski definition) is 7. The van der Waals surface area contributed by atoms with E-state index in [1.165, 1.54) is 35.2 Å². The lowest BCUT2D eigenvalue weighted by Crippen LogP contribution is -2.31. The van der Waals surface area contributed by atoms with E-state index in [0.717, 1.165) is 24.5 Å². The molecule has 226 valence electrons. The Morgan fingerprint density at radius 2 is 1.74 bits per heavy atom. The molecule has 0 aliphatic carbocycles. The summed E-state index contributed by atoms with van der Waals surface area (Å²) in [6.45, 7) is 0.742. The van der Waals surface area contributed by atoms with Gasteiger partial charge < -0.3 is 14.3 Å². The van der Waals surface area contributed by atoms with Gasteiger partial charge in [0.15, 0.2) is 15.5 Å². The van der Waals surface area contributed by atoms with Gasteiger partial charge in [-0.3, -0.25) is 9.69 Å². The number of rotatable bonds is 9. The van der Waals surface area contributed by atoms with Crippen LogP contribution in [0.2, 0.25) is 0 Å². The Morgan fingerprint density at radius 1 is 1.02 bits per heavy atom. The summed E-state index contributed by atoms with van der Waals surface area (Å²) in [5.41, 5.74) is 0.744. The molecule has 0 radical (unpaired) electrons. The van der Waals surface area contributed by atoms with E-state index in [1.54, 1.807) is 16.7 Å². The molecule has 0 saturated heterocycles. The van der Waals surface area contributed by atoms with Crippen molar-refractivity contribution in [1.29, 1.82) is 0 Å². The van der Waals surface area contributed by atoms with Crippen LogP contribution in [0.25, 0.3) is 11.0 Å². The molecule has 14 heteroatoms. The molecule has 0 bridgehead atoms. The van der Waals surface area contributed by atoms with Crippen molar-refractivity contribution < 1.29 is 35.6 Å². The second-order valence-electron chi connectivity index (χ2n) is 10.4. The zero-order valence-corrected chi connectivity index (χ0v) is 24.2. The van der Waals surface area contributed by atoms with Crippen LogP contribution < -0.4 is 4.90 Å². The number of imidazole rings is 1. The number of fused-ring (bicyclic) bond motifs is 2. The summed E-state index contributed by atoms with van der Waals surface area (Å²) in [6, 6.07) is 13.1. The van der Waals surface area contributed by atoms with E-state index in [4.69, 9.17) is 4.84 Å². The highest BCUT2D eigenvalue weighted by Gasteiger charge is 2.36. The molecule has 43 heavy (non-hydrogen) atoms. The molecular weight excluding hydrogens is 590 g/mol. The molecule has 0 unspecified atom stereocenters. The number of sulfone groups is 1. The van der Waals surface area contributed by atoms with Gasteiger partial charge in [0, 0.05) is 24.9 Å². The monoisotopic (exact) mass is 617 g/mol. The van der Waals surface area contributed by atoms with Crippen LogP contribution in [0.15, 0.2) is 70.7 Å². The summed E-state index contributed by atoms with van der Waals surface area (Å²) < 4.78 is 79.6. The van der Waals surface area contributed by atoms with Gasteiger partial charge in [0.05, 0.1) is 33.7 Å². The zero-order valence-electron chi connectivity index (χ0n) is 23.4. The first-order valence-corrected chi connectivity index (χ1v) is 14.9. The molecule has 1 aliphatic rings. The molecule has 1 aliphatic heterocycles. The molecule has 4 aromatic rings. The lowest BCUT2D eigenvalue weighted by molar-refractivity contribution is -0.137. The first-order valence-electron chi connectivity index (χ1n) is 13.0. The van der Waals surface area contributed by atoms with Gasteiger partial charge in [0.25, 0.3) is 5.91 Å². The molecule has 9 nitrogen and oxygen atoms in total. The minimum Gasteiger partial charge on any atom is -0.390 e. The van der Waals surface area contributed by atoms with E-state index in [-0.39, 0.29) is 34.8 Å². The Hall–Kier alpha value is -4.30. The van der Waals surface area contributed by atoms with Crippen LogP contribution in [0, 0.1) is 5.82 Å². The van der Waals surface area contributed by atoms with Gasteiger partial charge in [0.2, 0.25) is 0 Å². The van der Waals surface area contributed by atoms with Gasteiger partial charge in [-0.2, -0.15) is 13.2 Å². The van der Waals surface area contributed by atoms with Crippen LogP contribution in [-0.4, -0.2) is 61.4 Å². The summed E-state index contributed by atoms with van der Waals surface area (Å²) in [5, 5.41) is 3.99. The Bertz CT molecular complexity index is 1830. The fourth-order valence-corrected chi connectivity index (χ4v) is 5.33. The molecule has 1 aromatic heterocycles. The first kappa shape index (κ1) is 30.2. The fourth-order valence-electron chi connectivity index (χ4n) is 4.70. The number of alkyl halides is 3. The minimum atomic E-state index is -4.54. The zero-order chi connectivity index (χ0) is 31.1. The molecule has 0 spiro atoms. The van der Waals surface area contributed by atoms with Crippen LogP contribution in [0.4, 0.5) is 23.2 Å². The SMILES string of the molecule is CN(C)CCn1c(CN2C(=O)/C(=N/OCc3ccc(S(C)(=O)=O)cc3)c3cc(F)ccc32)nc2cc(C(F)(F)F)ccc21. The van der Waals surface area contributed by atoms with Crippen LogP contribution in [-0.2, 0) is 45.3 Å². The second kappa shape index (κ2) is 11.4. The van der Waals surface area contributed by atoms with Crippen molar-refractivity contribution in [2.45, 2.75) is 30.8 Å². The molecule has 0 atom stereocenters. The maximum absolute atomic E-state index is 14.3. The molecule has 1 amide bonds. The maximum Gasteiger partial charge on any atom is 0.416 e. The average molecular weight is 618 g/mol. The number of benzene rings is 3. The van der Waals surface area contributed by atoms with Crippen LogP contribution >= 0.6 is 0 Å². The number of oxime groups is 1. The number of hydrogen-bond donors (Lipinski definition) is 0. The van der Waals surface area contributed by atoms with Crippen molar-refractivity contribution in [3.63, 3.8) is 0 Å². The summed E-state index contributed by atoms with van der Waals surface area (Å²) >= 11 is 0. The summed E-state index contributed by atoms with van der Waals surface area (Å²) in [7, 11) is 0.347. The normalized spacial score (nSPS) is 14.7. The van der Waals surface area contributed by atoms with E-state index in [1.807, 2.05) is 19.0 Å². The van der Waals surface area contributed by atoms with E-state index in [9.17, 15) is 30.8 Å². The Labute approximate surface area is 244 Å². The second-order valence-corrected chi connectivity index (χ2v) is 12.4. The smallest absolute Gasteiger partial charge is 0.390 e. The average Bonchev–Trinajstić information content (AvgIpc) is 3.40. The highest BCUT2D eigenvalue weighted by molar-refractivity contribution is 7.90. The molecule has 0 fully saturated rings. The van der Waals surface area contributed by atoms with Crippen molar-refractivity contribution in [1.82, 2.24) is 14.5 Å². The van der Waals surface area contributed by atoms with Gasteiger partial charge >= 0.3 is 6.18 Å². The molecule has 2 heterocycles. The number of likely N-dealkylation sites (N-methyl/N-ethyl adjacent to an activating group) is 1.